The van der Waals surface area contributed by atoms with Crippen LogP contribution in [0.1, 0.15) is 18.9 Å². The van der Waals surface area contributed by atoms with Crippen molar-refractivity contribution in [1.29, 1.82) is 0 Å². The summed E-state index contributed by atoms with van der Waals surface area (Å²) in [5.74, 6) is 0.883. The van der Waals surface area contributed by atoms with Crippen LogP contribution in [0.25, 0.3) is 11.4 Å². The van der Waals surface area contributed by atoms with Crippen LogP contribution in [-0.2, 0) is 6.54 Å². The average Bonchev–Trinajstić information content (AvgIpc) is 2.71. The van der Waals surface area contributed by atoms with Gasteiger partial charge in [-0.05, 0) is 25.0 Å². The first-order valence-corrected chi connectivity index (χ1v) is 5.46. The zero-order chi connectivity index (χ0) is 11.5. The van der Waals surface area contributed by atoms with Gasteiger partial charge in [0.15, 0.2) is 5.82 Å². The van der Waals surface area contributed by atoms with E-state index in [9.17, 15) is 0 Å². The van der Waals surface area contributed by atoms with E-state index in [4.69, 9.17) is 5.73 Å². The molecule has 1 heterocycles. The third-order valence-corrected chi connectivity index (χ3v) is 2.62. The first-order valence-electron chi connectivity index (χ1n) is 5.46. The molecule has 1 aromatic heterocycles. The summed E-state index contributed by atoms with van der Waals surface area (Å²) in [6.07, 6.45) is 2.82. The van der Waals surface area contributed by atoms with Crippen molar-refractivity contribution in [3.8, 4) is 11.4 Å². The number of nitrogens with two attached hydrogens (primary N) is 1. The molecule has 0 radical (unpaired) electrons. The van der Waals surface area contributed by atoms with Gasteiger partial charge in [0.2, 0.25) is 0 Å². The van der Waals surface area contributed by atoms with E-state index in [0.717, 1.165) is 35.6 Å². The Morgan fingerprint density at radius 1 is 1.38 bits per heavy atom. The second kappa shape index (κ2) is 4.35. The monoisotopic (exact) mass is 216 g/mol. The molecule has 4 nitrogen and oxygen atoms in total. The van der Waals surface area contributed by atoms with Crippen LogP contribution in [0.4, 0.5) is 5.69 Å². The number of aryl methyl sites for hydroxylation is 2. The van der Waals surface area contributed by atoms with Gasteiger partial charge in [-0.2, -0.15) is 0 Å². The van der Waals surface area contributed by atoms with E-state index < -0.39 is 0 Å². The predicted octanol–water partition coefficient (Wildman–Crippen LogP) is 2.25. The Balaban J connectivity index is 2.42. The maximum atomic E-state index is 5.89. The summed E-state index contributed by atoms with van der Waals surface area (Å²) >= 11 is 0. The van der Waals surface area contributed by atoms with E-state index in [1.165, 1.54) is 0 Å². The van der Waals surface area contributed by atoms with Gasteiger partial charge in [0.25, 0.3) is 0 Å². The highest BCUT2D eigenvalue weighted by Gasteiger charge is 2.07. The Kier molecular flexibility index (Phi) is 2.90. The summed E-state index contributed by atoms with van der Waals surface area (Å²) in [4.78, 5) is 0. The molecule has 0 saturated carbocycles. The van der Waals surface area contributed by atoms with E-state index in [2.05, 4.69) is 17.1 Å². The second-order valence-electron chi connectivity index (χ2n) is 3.92. The zero-order valence-electron chi connectivity index (χ0n) is 9.64. The van der Waals surface area contributed by atoms with Crippen molar-refractivity contribution in [2.24, 2.45) is 0 Å². The molecule has 0 saturated heterocycles. The number of aromatic nitrogens is 3. The second-order valence-corrected chi connectivity index (χ2v) is 3.92. The molecule has 0 unspecified atom stereocenters. The molecule has 0 aliphatic rings. The first kappa shape index (κ1) is 10.7. The number of hydrogen-bond donors (Lipinski definition) is 1. The Morgan fingerprint density at radius 3 is 2.88 bits per heavy atom. The first-order chi connectivity index (χ1) is 7.72. The van der Waals surface area contributed by atoms with Crippen LogP contribution in [0.3, 0.4) is 0 Å². The van der Waals surface area contributed by atoms with Crippen LogP contribution >= 0.6 is 0 Å². The van der Waals surface area contributed by atoms with Crippen molar-refractivity contribution in [1.82, 2.24) is 14.8 Å². The SMILES string of the molecule is CCCn1cnnc1-c1ccc(C)c(N)c1. The molecule has 16 heavy (non-hydrogen) atoms. The summed E-state index contributed by atoms with van der Waals surface area (Å²) in [5.41, 5.74) is 8.80. The van der Waals surface area contributed by atoms with Crippen molar-refractivity contribution in [3.05, 3.63) is 30.1 Å². The molecule has 2 rings (SSSR count). The van der Waals surface area contributed by atoms with Crippen LogP contribution in [0, 0.1) is 6.92 Å². The van der Waals surface area contributed by atoms with Gasteiger partial charge in [-0.15, -0.1) is 10.2 Å². The average molecular weight is 216 g/mol. The molecule has 0 amide bonds. The van der Waals surface area contributed by atoms with Crippen LogP contribution in [0.5, 0.6) is 0 Å². The number of hydrogen-bond acceptors (Lipinski definition) is 3. The Bertz CT molecular complexity index is 488. The fourth-order valence-corrected chi connectivity index (χ4v) is 1.66. The number of benzene rings is 1. The fourth-order valence-electron chi connectivity index (χ4n) is 1.66. The molecule has 2 N–H and O–H groups in total. The Hall–Kier alpha value is -1.84. The molecule has 0 fully saturated rings. The molecule has 0 spiro atoms. The Labute approximate surface area is 95.1 Å². The summed E-state index contributed by atoms with van der Waals surface area (Å²) in [7, 11) is 0. The number of nitrogen functional groups attached to an aromatic ring is 1. The highest BCUT2D eigenvalue weighted by atomic mass is 15.3. The third-order valence-electron chi connectivity index (χ3n) is 2.62. The topological polar surface area (TPSA) is 56.7 Å². The van der Waals surface area contributed by atoms with Crippen molar-refractivity contribution in [3.63, 3.8) is 0 Å². The minimum absolute atomic E-state index is 0.795. The summed E-state index contributed by atoms with van der Waals surface area (Å²) in [5, 5.41) is 8.07. The molecule has 2 aromatic rings. The number of rotatable bonds is 3. The van der Waals surface area contributed by atoms with Gasteiger partial charge in [0, 0.05) is 17.8 Å². The minimum atomic E-state index is 0.795. The highest BCUT2D eigenvalue weighted by molar-refractivity contribution is 5.63. The summed E-state index contributed by atoms with van der Waals surface area (Å²) in [6, 6.07) is 5.99. The van der Waals surface area contributed by atoms with Crippen molar-refractivity contribution < 1.29 is 0 Å². The lowest BCUT2D eigenvalue weighted by atomic mass is 10.1. The number of nitrogens with zero attached hydrogens (tertiary/aromatic N) is 3. The van der Waals surface area contributed by atoms with E-state index in [-0.39, 0.29) is 0 Å². The predicted molar refractivity (Wildman–Crippen MR) is 64.9 cm³/mol. The van der Waals surface area contributed by atoms with E-state index in [1.54, 1.807) is 6.33 Å². The van der Waals surface area contributed by atoms with Crippen LogP contribution in [0.2, 0.25) is 0 Å². The smallest absolute Gasteiger partial charge is 0.163 e. The van der Waals surface area contributed by atoms with Gasteiger partial charge in [-0.25, -0.2) is 0 Å². The van der Waals surface area contributed by atoms with Gasteiger partial charge in [0.05, 0.1) is 0 Å². The molecular formula is C12H16N4. The maximum Gasteiger partial charge on any atom is 0.163 e. The molecule has 1 aromatic carbocycles. The van der Waals surface area contributed by atoms with Crippen LogP contribution in [-0.4, -0.2) is 14.8 Å². The van der Waals surface area contributed by atoms with Crippen LogP contribution in [0.15, 0.2) is 24.5 Å². The van der Waals surface area contributed by atoms with E-state index in [1.807, 2.05) is 29.7 Å². The van der Waals surface area contributed by atoms with E-state index >= 15 is 0 Å². The van der Waals surface area contributed by atoms with Gasteiger partial charge >= 0.3 is 0 Å². The van der Waals surface area contributed by atoms with Crippen molar-refractivity contribution in [2.75, 3.05) is 5.73 Å². The van der Waals surface area contributed by atoms with Gasteiger partial charge in [-0.3, -0.25) is 0 Å². The minimum Gasteiger partial charge on any atom is -0.398 e. The number of anilines is 1. The zero-order valence-corrected chi connectivity index (χ0v) is 9.64. The lowest BCUT2D eigenvalue weighted by Gasteiger charge is -2.06. The molecule has 0 bridgehead atoms. The Morgan fingerprint density at radius 2 is 2.19 bits per heavy atom. The summed E-state index contributed by atoms with van der Waals surface area (Å²) < 4.78 is 2.05. The molecular weight excluding hydrogens is 200 g/mol. The van der Waals surface area contributed by atoms with Crippen LogP contribution < -0.4 is 5.73 Å². The highest BCUT2D eigenvalue weighted by Crippen LogP contribution is 2.21. The molecule has 0 atom stereocenters. The fraction of sp³-hybridized carbons (Fsp3) is 0.333. The summed E-state index contributed by atoms with van der Waals surface area (Å²) in [6.45, 7) is 5.05. The van der Waals surface area contributed by atoms with Crippen molar-refractivity contribution >= 4 is 5.69 Å². The maximum absolute atomic E-state index is 5.89. The third kappa shape index (κ3) is 1.91. The molecule has 0 aliphatic carbocycles. The molecule has 0 aliphatic heterocycles. The van der Waals surface area contributed by atoms with Gasteiger partial charge < -0.3 is 10.3 Å². The molecule has 84 valence electrons. The lowest BCUT2D eigenvalue weighted by molar-refractivity contribution is 0.683. The van der Waals surface area contributed by atoms with Crippen molar-refractivity contribution in [2.45, 2.75) is 26.8 Å². The molecule has 4 heteroatoms. The quantitative estimate of drug-likeness (QED) is 0.800. The lowest BCUT2D eigenvalue weighted by Crippen LogP contribution is -1.99. The standard InChI is InChI=1S/C12H16N4/c1-3-6-16-8-14-15-12(16)10-5-4-9(2)11(13)7-10/h4-5,7-8H,3,6,13H2,1-2H3. The largest absolute Gasteiger partial charge is 0.398 e. The van der Waals surface area contributed by atoms with Gasteiger partial charge in [0.1, 0.15) is 6.33 Å². The normalized spacial score (nSPS) is 10.6. The van der Waals surface area contributed by atoms with Gasteiger partial charge in [-0.1, -0.05) is 19.1 Å². The van der Waals surface area contributed by atoms with E-state index in [0.29, 0.717) is 0 Å².